The van der Waals surface area contributed by atoms with Crippen molar-refractivity contribution in [2.24, 2.45) is 0 Å². The van der Waals surface area contributed by atoms with Crippen molar-refractivity contribution >= 4 is 5.97 Å². The molecule has 0 fully saturated rings. The molecule has 0 rings (SSSR count). The van der Waals surface area contributed by atoms with Gasteiger partial charge < -0.3 is 15.3 Å². The van der Waals surface area contributed by atoms with Crippen LogP contribution in [0.1, 0.15) is 57.8 Å². The van der Waals surface area contributed by atoms with Crippen molar-refractivity contribution in [1.29, 1.82) is 0 Å². The smallest absolute Gasteiger partial charge is 0.305 e. The summed E-state index contributed by atoms with van der Waals surface area (Å²) in [5, 5.41) is 26.3. The predicted octanol–water partition coefficient (Wildman–Crippen LogP) is 1.94. The summed E-state index contributed by atoms with van der Waals surface area (Å²) in [5.41, 5.74) is 0. The second-order valence-electron chi connectivity index (χ2n) is 4.24. The van der Waals surface area contributed by atoms with E-state index in [0.717, 1.165) is 44.9 Å². The fourth-order valence-corrected chi connectivity index (χ4v) is 1.68. The minimum Gasteiger partial charge on any atom is -0.481 e. The number of carbonyl (C=O) groups is 1. The van der Waals surface area contributed by atoms with E-state index < -0.39 is 12.1 Å². The Bertz CT molecular complexity index is 170. The average Bonchev–Trinajstić information content (AvgIpc) is 2.21. The molecule has 0 saturated heterocycles. The number of hydrogen-bond acceptors (Lipinski definition) is 3. The Balaban J connectivity index is 3.11. The van der Waals surface area contributed by atoms with Crippen LogP contribution in [0, 0.1) is 0 Å². The van der Waals surface area contributed by atoms with Crippen LogP contribution in [0.2, 0.25) is 0 Å². The second-order valence-corrected chi connectivity index (χ2v) is 4.24. The molecule has 0 aromatic rings. The molecule has 0 aliphatic carbocycles. The first kappa shape index (κ1) is 15.4. The van der Waals surface area contributed by atoms with Gasteiger partial charge in [0.2, 0.25) is 0 Å². The number of aliphatic hydroxyl groups excluding tert-OH is 2. The molecule has 16 heavy (non-hydrogen) atoms. The SMILES string of the molecule is O=C(O)C[C@@H](O)CCCCCCCCCO. The molecule has 0 amide bonds. The van der Waals surface area contributed by atoms with Gasteiger partial charge >= 0.3 is 5.97 Å². The molecule has 3 N–H and O–H groups in total. The fraction of sp³-hybridized carbons (Fsp3) is 0.917. The van der Waals surface area contributed by atoms with Crippen LogP contribution in [0.25, 0.3) is 0 Å². The summed E-state index contributed by atoms with van der Waals surface area (Å²) >= 11 is 0. The van der Waals surface area contributed by atoms with Gasteiger partial charge in [-0.25, -0.2) is 0 Å². The highest BCUT2D eigenvalue weighted by Gasteiger charge is 2.08. The predicted molar refractivity (Wildman–Crippen MR) is 62.3 cm³/mol. The van der Waals surface area contributed by atoms with E-state index >= 15 is 0 Å². The topological polar surface area (TPSA) is 77.8 Å². The van der Waals surface area contributed by atoms with E-state index in [9.17, 15) is 9.90 Å². The van der Waals surface area contributed by atoms with E-state index in [-0.39, 0.29) is 13.0 Å². The number of rotatable bonds is 11. The largest absolute Gasteiger partial charge is 0.481 e. The number of aliphatic hydroxyl groups is 2. The Kier molecular flexibility index (Phi) is 10.5. The summed E-state index contributed by atoms with van der Waals surface area (Å²) in [6, 6.07) is 0. The third-order valence-electron chi connectivity index (χ3n) is 2.61. The average molecular weight is 232 g/mol. The van der Waals surface area contributed by atoms with Crippen molar-refractivity contribution in [3.63, 3.8) is 0 Å². The lowest BCUT2D eigenvalue weighted by Gasteiger charge is -2.07. The van der Waals surface area contributed by atoms with E-state index in [1.165, 1.54) is 0 Å². The van der Waals surface area contributed by atoms with Gasteiger partial charge in [-0.2, -0.15) is 0 Å². The minimum atomic E-state index is -0.934. The number of carboxylic acid groups (broad SMARTS) is 1. The number of carboxylic acids is 1. The van der Waals surface area contributed by atoms with Gasteiger partial charge in [-0.05, 0) is 12.8 Å². The highest BCUT2D eigenvalue weighted by Crippen LogP contribution is 2.10. The Morgan fingerprint density at radius 2 is 1.44 bits per heavy atom. The van der Waals surface area contributed by atoms with Crippen molar-refractivity contribution in [1.82, 2.24) is 0 Å². The van der Waals surface area contributed by atoms with Crippen LogP contribution in [0.15, 0.2) is 0 Å². The maximum Gasteiger partial charge on any atom is 0.305 e. The van der Waals surface area contributed by atoms with Gasteiger partial charge in [-0.1, -0.05) is 38.5 Å². The molecule has 1 atom stereocenters. The summed E-state index contributed by atoms with van der Waals surface area (Å²) in [5.74, 6) is -0.934. The minimum absolute atomic E-state index is 0.142. The molecule has 4 nitrogen and oxygen atoms in total. The van der Waals surface area contributed by atoms with Crippen molar-refractivity contribution < 1.29 is 20.1 Å². The maximum absolute atomic E-state index is 10.3. The van der Waals surface area contributed by atoms with Gasteiger partial charge in [0, 0.05) is 6.61 Å². The maximum atomic E-state index is 10.3. The van der Waals surface area contributed by atoms with Crippen LogP contribution in [-0.4, -0.2) is 34.0 Å². The summed E-state index contributed by atoms with van der Waals surface area (Å²) in [6.45, 7) is 0.279. The number of unbranched alkanes of at least 4 members (excludes halogenated alkanes) is 6. The molecule has 0 aliphatic rings. The second kappa shape index (κ2) is 10.9. The van der Waals surface area contributed by atoms with E-state index in [1.807, 2.05) is 0 Å². The lowest BCUT2D eigenvalue weighted by atomic mass is 10.0. The van der Waals surface area contributed by atoms with Gasteiger partial charge in [0.25, 0.3) is 0 Å². The number of aliphatic carboxylic acids is 1. The van der Waals surface area contributed by atoms with Gasteiger partial charge in [-0.15, -0.1) is 0 Å². The zero-order valence-corrected chi connectivity index (χ0v) is 9.90. The van der Waals surface area contributed by atoms with E-state index in [1.54, 1.807) is 0 Å². The summed E-state index contributed by atoms with van der Waals surface area (Å²) in [7, 11) is 0. The van der Waals surface area contributed by atoms with Gasteiger partial charge in [0.1, 0.15) is 0 Å². The van der Waals surface area contributed by atoms with E-state index in [2.05, 4.69) is 0 Å². The first-order chi connectivity index (χ1) is 7.66. The molecule has 4 heteroatoms. The Labute approximate surface area is 97.3 Å². The van der Waals surface area contributed by atoms with E-state index in [0.29, 0.717) is 6.42 Å². The van der Waals surface area contributed by atoms with Crippen molar-refractivity contribution in [3.05, 3.63) is 0 Å². The van der Waals surface area contributed by atoms with Crippen molar-refractivity contribution in [2.75, 3.05) is 6.61 Å². The quantitative estimate of drug-likeness (QED) is 0.476. The molecule has 0 unspecified atom stereocenters. The van der Waals surface area contributed by atoms with Crippen molar-refractivity contribution in [2.45, 2.75) is 63.9 Å². The molecule has 0 aromatic heterocycles. The van der Waals surface area contributed by atoms with Gasteiger partial charge in [0.05, 0.1) is 12.5 Å². The number of hydrogen-bond donors (Lipinski definition) is 3. The molecule has 0 aliphatic heterocycles. The Morgan fingerprint density at radius 1 is 0.938 bits per heavy atom. The first-order valence-corrected chi connectivity index (χ1v) is 6.17. The lowest BCUT2D eigenvalue weighted by Crippen LogP contribution is -2.12. The zero-order valence-electron chi connectivity index (χ0n) is 9.90. The van der Waals surface area contributed by atoms with Crippen LogP contribution in [0.3, 0.4) is 0 Å². The first-order valence-electron chi connectivity index (χ1n) is 6.17. The molecule has 0 bridgehead atoms. The molecule has 0 spiro atoms. The summed E-state index contributed by atoms with van der Waals surface area (Å²) in [4.78, 5) is 10.3. The normalized spacial score (nSPS) is 12.6. The van der Waals surface area contributed by atoms with Crippen LogP contribution < -0.4 is 0 Å². The zero-order chi connectivity index (χ0) is 12.2. The monoisotopic (exact) mass is 232 g/mol. The molecular formula is C12H24O4. The van der Waals surface area contributed by atoms with E-state index in [4.69, 9.17) is 10.2 Å². The van der Waals surface area contributed by atoms with Crippen LogP contribution in [0.5, 0.6) is 0 Å². The molecule has 0 heterocycles. The summed E-state index contributed by atoms with van der Waals surface area (Å²) in [6.07, 6.45) is 7.12. The molecule has 0 saturated carbocycles. The van der Waals surface area contributed by atoms with Gasteiger partial charge in [-0.3, -0.25) is 4.79 Å². The Morgan fingerprint density at radius 3 is 1.94 bits per heavy atom. The fourth-order valence-electron chi connectivity index (χ4n) is 1.68. The molecule has 0 radical (unpaired) electrons. The Hall–Kier alpha value is -0.610. The molecule has 96 valence electrons. The molecular weight excluding hydrogens is 208 g/mol. The van der Waals surface area contributed by atoms with Crippen molar-refractivity contribution in [3.8, 4) is 0 Å². The third kappa shape index (κ3) is 11.5. The molecule has 0 aromatic carbocycles. The lowest BCUT2D eigenvalue weighted by molar-refractivity contribution is -0.139. The van der Waals surface area contributed by atoms with Crippen LogP contribution >= 0.6 is 0 Å². The standard InChI is InChI=1S/C12H24O4/c13-9-7-5-3-1-2-4-6-8-11(14)10-12(15)16/h11,13-14H,1-10H2,(H,15,16)/t11-/m0/s1. The van der Waals surface area contributed by atoms with Crippen LogP contribution in [0.4, 0.5) is 0 Å². The van der Waals surface area contributed by atoms with Crippen LogP contribution in [-0.2, 0) is 4.79 Å². The highest BCUT2D eigenvalue weighted by atomic mass is 16.4. The third-order valence-corrected chi connectivity index (χ3v) is 2.61. The van der Waals surface area contributed by atoms with Gasteiger partial charge in [0.15, 0.2) is 0 Å². The highest BCUT2D eigenvalue weighted by molar-refractivity contribution is 5.67. The summed E-state index contributed by atoms with van der Waals surface area (Å²) < 4.78 is 0.